The van der Waals surface area contributed by atoms with Crippen molar-refractivity contribution in [2.75, 3.05) is 0 Å². The SMILES string of the molecule is CCC(CC)c1cccc2nc(Cl)n(CC(=O)O)c12. The van der Waals surface area contributed by atoms with Crippen LogP contribution in [0.25, 0.3) is 11.0 Å². The predicted molar refractivity (Wildman–Crippen MR) is 75.7 cm³/mol. The summed E-state index contributed by atoms with van der Waals surface area (Å²) in [6.07, 6.45) is 2.01. The highest BCUT2D eigenvalue weighted by Gasteiger charge is 2.18. The van der Waals surface area contributed by atoms with E-state index in [-0.39, 0.29) is 11.8 Å². The number of carbonyl (C=O) groups is 1. The minimum atomic E-state index is -0.916. The van der Waals surface area contributed by atoms with E-state index in [2.05, 4.69) is 18.8 Å². The van der Waals surface area contributed by atoms with Crippen LogP contribution in [0.5, 0.6) is 0 Å². The molecule has 0 saturated carbocycles. The quantitative estimate of drug-likeness (QED) is 0.909. The molecule has 2 aromatic rings. The van der Waals surface area contributed by atoms with Crippen molar-refractivity contribution in [2.45, 2.75) is 39.2 Å². The normalized spacial score (nSPS) is 11.4. The van der Waals surface area contributed by atoms with E-state index in [1.54, 1.807) is 4.57 Å². The molecule has 1 heterocycles. The lowest BCUT2D eigenvalue weighted by Gasteiger charge is -2.15. The first-order valence-corrected chi connectivity index (χ1v) is 6.82. The summed E-state index contributed by atoms with van der Waals surface area (Å²) in [7, 11) is 0. The summed E-state index contributed by atoms with van der Waals surface area (Å²) in [5, 5.41) is 9.24. The van der Waals surface area contributed by atoms with E-state index >= 15 is 0 Å². The van der Waals surface area contributed by atoms with Crippen molar-refractivity contribution in [1.29, 1.82) is 0 Å². The second-order valence-corrected chi connectivity index (χ2v) is 4.93. The van der Waals surface area contributed by atoms with Gasteiger partial charge in [-0.3, -0.25) is 4.79 Å². The second-order valence-electron chi connectivity index (χ2n) is 4.59. The maximum atomic E-state index is 11.0. The van der Waals surface area contributed by atoms with E-state index in [1.807, 2.05) is 18.2 Å². The number of hydrogen-bond acceptors (Lipinski definition) is 2. The molecule has 0 atom stereocenters. The van der Waals surface area contributed by atoms with Gasteiger partial charge in [0.15, 0.2) is 0 Å². The Balaban J connectivity index is 2.67. The summed E-state index contributed by atoms with van der Waals surface area (Å²) < 4.78 is 1.58. The molecule has 0 aliphatic rings. The lowest BCUT2D eigenvalue weighted by molar-refractivity contribution is -0.137. The molecule has 2 rings (SSSR count). The van der Waals surface area contributed by atoms with Crippen molar-refractivity contribution >= 4 is 28.6 Å². The van der Waals surface area contributed by atoms with Gasteiger partial charge < -0.3 is 9.67 Å². The zero-order chi connectivity index (χ0) is 14.0. The number of carboxylic acids is 1. The molecule has 0 unspecified atom stereocenters. The van der Waals surface area contributed by atoms with Crippen LogP contribution < -0.4 is 0 Å². The average molecular weight is 281 g/mol. The molecule has 0 aliphatic carbocycles. The van der Waals surface area contributed by atoms with Crippen LogP contribution in [-0.2, 0) is 11.3 Å². The molecular formula is C14H17ClN2O2. The molecule has 0 aliphatic heterocycles. The lowest BCUT2D eigenvalue weighted by atomic mass is 9.93. The number of hydrogen-bond donors (Lipinski definition) is 1. The van der Waals surface area contributed by atoms with Crippen LogP contribution in [0.3, 0.4) is 0 Å². The minimum Gasteiger partial charge on any atom is -0.480 e. The van der Waals surface area contributed by atoms with Crippen LogP contribution in [0.2, 0.25) is 5.28 Å². The Labute approximate surface area is 117 Å². The van der Waals surface area contributed by atoms with Gasteiger partial charge >= 0.3 is 5.97 Å². The first-order chi connectivity index (χ1) is 9.08. The third-order valence-electron chi connectivity index (χ3n) is 3.47. The zero-order valence-corrected chi connectivity index (χ0v) is 11.8. The van der Waals surface area contributed by atoms with E-state index in [1.165, 1.54) is 0 Å². The molecule has 5 heteroatoms. The summed E-state index contributed by atoms with van der Waals surface area (Å²) in [5.74, 6) is -0.524. The van der Waals surface area contributed by atoms with Crippen LogP contribution >= 0.6 is 11.6 Å². The maximum absolute atomic E-state index is 11.0. The molecule has 1 aromatic carbocycles. The number of benzene rings is 1. The molecule has 1 N–H and O–H groups in total. The minimum absolute atomic E-state index is 0.160. The van der Waals surface area contributed by atoms with Gasteiger partial charge in [-0.1, -0.05) is 26.0 Å². The molecule has 0 bridgehead atoms. The van der Waals surface area contributed by atoms with Crippen LogP contribution in [0.4, 0.5) is 0 Å². The Kier molecular flexibility index (Phi) is 4.10. The number of nitrogens with zero attached hydrogens (tertiary/aromatic N) is 2. The predicted octanol–water partition coefficient (Wildman–Crippen LogP) is 3.68. The summed E-state index contributed by atoms with van der Waals surface area (Å²) >= 11 is 6.06. The fraction of sp³-hybridized carbons (Fsp3) is 0.429. The van der Waals surface area contributed by atoms with E-state index in [4.69, 9.17) is 16.7 Å². The first-order valence-electron chi connectivity index (χ1n) is 6.44. The van der Waals surface area contributed by atoms with Gasteiger partial charge in [-0.25, -0.2) is 4.98 Å². The highest BCUT2D eigenvalue weighted by atomic mass is 35.5. The van der Waals surface area contributed by atoms with Gasteiger partial charge in [-0.2, -0.15) is 0 Å². The van der Waals surface area contributed by atoms with Crippen molar-refractivity contribution in [3.63, 3.8) is 0 Å². The van der Waals surface area contributed by atoms with Gasteiger partial charge in [0.25, 0.3) is 0 Å². The molecule has 0 fully saturated rings. The largest absolute Gasteiger partial charge is 0.480 e. The van der Waals surface area contributed by atoms with Crippen molar-refractivity contribution in [2.24, 2.45) is 0 Å². The maximum Gasteiger partial charge on any atom is 0.323 e. The molecule has 102 valence electrons. The average Bonchev–Trinajstić information content (AvgIpc) is 2.68. The fourth-order valence-electron chi connectivity index (χ4n) is 2.52. The third kappa shape index (κ3) is 2.59. The number of imidazole rings is 1. The topological polar surface area (TPSA) is 55.1 Å². The van der Waals surface area contributed by atoms with Crippen molar-refractivity contribution < 1.29 is 9.90 Å². The summed E-state index contributed by atoms with van der Waals surface area (Å²) in [5.41, 5.74) is 2.74. The first kappa shape index (κ1) is 13.9. The van der Waals surface area contributed by atoms with Gasteiger partial charge in [-0.15, -0.1) is 0 Å². The number of rotatable bonds is 5. The number of carboxylic acid groups (broad SMARTS) is 1. The van der Waals surface area contributed by atoms with Crippen LogP contribution in [0, 0.1) is 0 Å². The molecule has 0 radical (unpaired) electrons. The molecule has 0 amide bonds. The van der Waals surface area contributed by atoms with E-state index in [0.717, 1.165) is 29.4 Å². The van der Waals surface area contributed by atoms with Gasteiger partial charge in [-0.05, 0) is 42.0 Å². The number of aliphatic carboxylic acids is 1. The Morgan fingerprint density at radius 2 is 2.11 bits per heavy atom. The molecule has 4 nitrogen and oxygen atoms in total. The van der Waals surface area contributed by atoms with Gasteiger partial charge in [0.2, 0.25) is 5.28 Å². The third-order valence-corrected chi connectivity index (χ3v) is 3.76. The summed E-state index contributed by atoms with van der Waals surface area (Å²) in [4.78, 5) is 15.2. The number of fused-ring (bicyclic) bond motifs is 1. The number of para-hydroxylation sites is 1. The van der Waals surface area contributed by atoms with Crippen molar-refractivity contribution in [3.8, 4) is 0 Å². The zero-order valence-electron chi connectivity index (χ0n) is 11.1. The van der Waals surface area contributed by atoms with Crippen LogP contribution in [0.15, 0.2) is 18.2 Å². The summed E-state index contributed by atoms with van der Waals surface area (Å²) in [6.45, 7) is 4.10. The highest BCUT2D eigenvalue weighted by Crippen LogP contribution is 2.31. The van der Waals surface area contributed by atoms with Gasteiger partial charge in [0, 0.05) is 0 Å². The van der Waals surface area contributed by atoms with Crippen molar-refractivity contribution in [1.82, 2.24) is 9.55 Å². The van der Waals surface area contributed by atoms with Crippen LogP contribution in [0.1, 0.15) is 38.2 Å². The fourth-order valence-corrected chi connectivity index (χ4v) is 2.76. The second kappa shape index (κ2) is 5.61. The summed E-state index contributed by atoms with van der Waals surface area (Å²) in [6, 6.07) is 5.85. The van der Waals surface area contributed by atoms with Crippen LogP contribution in [-0.4, -0.2) is 20.6 Å². The van der Waals surface area contributed by atoms with Crippen molar-refractivity contribution in [3.05, 3.63) is 29.0 Å². The number of aromatic nitrogens is 2. The standard InChI is InChI=1S/C14H17ClN2O2/c1-3-9(4-2)10-6-5-7-11-13(10)17(8-12(18)19)14(15)16-11/h5-7,9H,3-4,8H2,1-2H3,(H,18,19). The smallest absolute Gasteiger partial charge is 0.323 e. The molecule has 0 spiro atoms. The number of halogens is 1. The molecule has 0 saturated heterocycles. The monoisotopic (exact) mass is 280 g/mol. The molecule has 19 heavy (non-hydrogen) atoms. The van der Waals surface area contributed by atoms with E-state index in [0.29, 0.717) is 5.92 Å². The Bertz CT molecular complexity index is 603. The van der Waals surface area contributed by atoms with Gasteiger partial charge in [0.05, 0.1) is 11.0 Å². The highest BCUT2D eigenvalue weighted by molar-refractivity contribution is 6.29. The Hall–Kier alpha value is -1.55. The van der Waals surface area contributed by atoms with Gasteiger partial charge in [0.1, 0.15) is 6.54 Å². The molecular weight excluding hydrogens is 264 g/mol. The molecule has 1 aromatic heterocycles. The van der Waals surface area contributed by atoms with E-state index < -0.39 is 5.97 Å². The Morgan fingerprint density at radius 1 is 1.42 bits per heavy atom. The Morgan fingerprint density at radius 3 is 2.68 bits per heavy atom. The van der Waals surface area contributed by atoms with E-state index in [9.17, 15) is 4.79 Å². The lowest BCUT2D eigenvalue weighted by Crippen LogP contribution is -2.10.